The van der Waals surface area contributed by atoms with E-state index in [1.54, 1.807) is 42.0 Å². The SMILES string of the molecule is CCCCCCCCCCCC(CCCCCCCCCCC)N(P(c1ccc([Si](CCC)(CCC)CCC)cc1)c1ccc([Si](CCC)(CCC)CCC)cc1)P(c1ccc([Si](CCC)(CCC)CCC)cc1)c1ccc([Si](CCC)(CCC)CCC)cc1. The summed E-state index contributed by atoms with van der Waals surface area (Å²) in [4.78, 5) is 0. The highest BCUT2D eigenvalue weighted by atomic mass is 31.2. The van der Waals surface area contributed by atoms with E-state index in [1.165, 1.54) is 278 Å². The fraction of sp³-hybridized carbons (Fsp3) is 0.711. The summed E-state index contributed by atoms with van der Waals surface area (Å²) < 4.78 is 3.40. The van der Waals surface area contributed by atoms with Crippen molar-refractivity contribution in [3.8, 4) is 0 Å². The van der Waals surface area contributed by atoms with Crippen molar-refractivity contribution in [3.63, 3.8) is 0 Å². The maximum absolute atomic E-state index is 3.40. The third kappa shape index (κ3) is 24.6. The van der Waals surface area contributed by atoms with Crippen molar-refractivity contribution in [1.29, 1.82) is 0 Å². The molecule has 0 spiro atoms. The Hall–Kier alpha value is -1.43. The Bertz CT molecular complexity index is 2000. The first-order valence-electron chi connectivity index (χ1n) is 39.8. The average molecular weight is 1330 g/mol. The Morgan fingerprint density at radius 2 is 0.389 bits per heavy atom. The number of hydrogen-bond acceptors (Lipinski definition) is 1. The quantitative estimate of drug-likeness (QED) is 0.0242. The van der Waals surface area contributed by atoms with Crippen LogP contribution in [-0.2, 0) is 0 Å². The van der Waals surface area contributed by atoms with Gasteiger partial charge in [-0.1, -0.05) is 480 Å². The van der Waals surface area contributed by atoms with Crippen LogP contribution in [0.3, 0.4) is 0 Å². The zero-order chi connectivity index (χ0) is 65.4. The van der Waals surface area contributed by atoms with Gasteiger partial charge in [-0.05, 0) is 34.1 Å². The van der Waals surface area contributed by atoms with Gasteiger partial charge in [0.05, 0.1) is 32.3 Å². The molecule has 0 aliphatic rings. The molecule has 0 radical (unpaired) electrons. The van der Waals surface area contributed by atoms with Crippen LogP contribution in [0.15, 0.2) is 97.1 Å². The van der Waals surface area contributed by atoms with Gasteiger partial charge in [-0.2, -0.15) is 0 Å². The van der Waals surface area contributed by atoms with Crippen molar-refractivity contribution in [1.82, 2.24) is 4.44 Å². The first-order chi connectivity index (χ1) is 44.0. The normalized spacial score (nSPS) is 12.7. The second kappa shape index (κ2) is 46.7. The molecule has 90 heavy (non-hydrogen) atoms. The molecule has 0 aromatic heterocycles. The van der Waals surface area contributed by atoms with Crippen molar-refractivity contribution < 1.29 is 0 Å². The molecule has 0 unspecified atom stereocenters. The molecule has 0 N–H and O–H groups in total. The summed E-state index contributed by atoms with van der Waals surface area (Å²) in [6, 6.07) is 61.7. The summed E-state index contributed by atoms with van der Waals surface area (Å²) >= 11 is 0. The van der Waals surface area contributed by atoms with Gasteiger partial charge in [-0.25, -0.2) is 4.44 Å². The molecule has 0 atom stereocenters. The van der Waals surface area contributed by atoms with E-state index < -0.39 is 48.4 Å². The van der Waals surface area contributed by atoms with Gasteiger partial charge >= 0.3 is 0 Å². The van der Waals surface area contributed by atoms with E-state index >= 15 is 0 Å². The minimum atomic E-state index is -1.68. The van der Waals surface area contributed by atoms with Crippen LogP contribution < -0.4 is 42.0 Å². The first kappa shape index (κ1) is 81.0. The zero-order valence-corrected chi connectivity index (χ0v) is 68.1. The third-order valence-electron chi connectivity index (χ3n) is 21.7. The second-order valence-corrected chi connectivity index (χ2v) is 52.2. The predicted molar refractivity (Wildman–Crippen MR) is 430 cm³/mol. The van der Waals surface area contributed by atoms with Gasteiger partial charge in [0.2, 0.25) is 0 Å². The number of hydrogen-bond donors (Lipinski definition) is 0. The molecule has 0 aliphatic heterocycles. The molecule has 0 aliphatic carbocycles. The maximum atomic E-state index is 3.40. The minimum Gasteiger partial charge on any atom is -0.242 e. The Morgan fingerprint density at radius 1 is 0.222 bits per heavy atom. The van der Waals surface area contributed by atoms with Crippen molar-refractivity contribution in [2.45, 2.75) is 381 Å². The maximum Gasteiger partial charge on any atom is 0.0866 e. The van der Waals surface area contributed by atoms with Crippen LogP contribution in [0, 0.1) is 0 Å². The largest absolute Gasteiger partial charge is 0.242 e. The van der Waals surface area contributed by atoms with Gasteiger partial charge in [0.15, 0.2) is 0 Å². The molecule has 0 bridgehead atoms. The van der Waals surface area contributed by atoms with Gasteiger partial charge in [0, 0.05) is 22.2 Å². The summed E-state index contributed by atoms with van der Waals surface area (Å²) in [7, 11) is -8.62. The Labute approximate surface area is 569 Å². The number of benzene rings is 4. The van der Waals surface area contributed by atoms with Crippen molar-refractivity contribution in [2.24, 2.45) is 0 Å². The van der Waals surface area contributed by atoms with E-state index in [0.29, 0.717) is 6.04 Å². The summed E-state index contributed by atoms with van der Waals surface area (Å²) in [5.74, 6) is 0. The van der Waals surface area contributed by atoms with Crippen LogP contribution >= 0.6 is 16.1 Å². The van der Waals surface area contributed by atoms with E-state index in [-0.39, 0.29) is 0 Å². The Balaban J connectivity index is 2.24. The smallest absolute Gasteiger partial charge is 0.0866 e. The lowest BCUT2D eigenvalue weighted by Gasteiger charge is -2.45. The Morgan fingerprint density at radius 3 is 0.556 bits per heavy atom. The van der Waals surface area contributed by atoms with Gasteiger partial charge in [0.1, 0.15) is 0 Å². The van der Waals surface area contributed by atoms with Gasteiger partial charge < -0.3 is 0 Å². The lowest BCUT2D eigenvalue weighted by Crippen LogP contribution is -2.48. The standard InChI is InChI=1S/C83H147NP2Si4/c1-15-29-31-33-35-37-39-41-43-45-75(46-44-42-40-38-36-34-32-30-16-2)84(85(76-47-55-80(56-48-76)87(63-17-3,64-18-4)65-19-5)77-49-57-81(58-50-77)88(66-20-6,67-21-7)68-22-8)86(78-51-59-82(60-52-78)89(69-23-9,70-24-10)71-25-11)79-53-61-83(62-54-79)90(72-26-12,73-27-13)74-28-14/h47-62,75H,15-46,63-74H2,1-14H3. The first-order valence-corrected chi connectivity index (χ1v) is 52.9. The van der Waals surface area contributed by atoms with Crippen LogP contribution in [0.25, 0.3) is 0 Å². The molecule has 510 valence electrons. The molecule has 7 heteroatoms. The van der Waals surface area contributed by atoms with Crippen LogP contribution in [0.1, 0.15) is 302 Å². The minimum absolute atomic E-state index is 0.486. The lowest BCUT2D eigenvalue weighted by molar-refractivity contribution is 0.393. The van der Waals surface area contributed by atoms with Gasteiger partial charge in [0.25, 0.3) is 0 Å². The van der Waals surface area contributed by atoms with Crippen LogP contribution in [0.2, 0.25) is 72.5 Å². The summed E-state index contributed by atoms with van der Waals surface area (Å²) in [6.07, 6.45) is 43.2. The van der Waals surface area contributed by atoms with Crippen LogP contribution in [0.4, 0.5) is 0 Å². The topological polar surface area (TPSA) is 3.24 Å². The van der Waals surface area contributed by atoms with Gasteiger partial charge in [-0.15, -0.1) is 0 Å². The molecule has 0 heterocycles. The molecule has 0 fully saturated rings. The Kier molecular flexibility index (Phi) is 42.0. The molecule has 0 saturated heterocycles. The molecule has 0 saturated carbocycles. The fourth-order valence-corrected chi connectivity index (χ4v) is 45.5. The van der Waals surface area contributed by atoms with Crippen molar-refractivity contribution >= 4 is 90.4 Å². The summed E-state index contributed by atoms with van der Waals surface area (Å²) in [5, 5.41) is 13.4. The second-order valence-electron chi connectivity index (χ2n) is 29.1. The fourth-order valence-electron chi connectivity index (χ4n) is 17.7. The molecule has 4 aromatic carbocycles. The lowest BCUT2D eigenvalue weighted by atomic mass is 10.00. The molecule has 1 nitrogen and oxygen atoms in total. The average Bonchev–Trinajstić information content (AvgIpc) is 0.801. The summed E-state index contributed by atoms with van der Waals surface area (Å²) in [5.41, 5.74) is 0. The number of unbranched alkanes of at least 4 members (excludes halogenated alkanes) is 16. The molecular formula is C83H147NP2Si4. The molecule has 4 rings (SSSR count). The van der Waals surface area contributed by atoms with E-state index in [1.807, 2.05) is 0 Å². The zero-order valence-electron chi connectivity index (χ0n) is 62.3. The van der Waals surface area contributed by atoms with Crippen LogP contribution in [-0.4, -0.2) is 42.8 Å². The van der Waals surface area contributed by atoms with Crippen molar-refractivity contribution in [3.05, 3.63) is 97.1 Å². The monoisotopic (exact) mass is 1330 g/mol. The molecular weight excluding hydrogens is 1190 g/mol. The van der Waals surface area contributed by atoms with E-state index in [4.69, 9.17) is 0 Å². The van der Waals surface area contributed by atoms with E-state index in [0.717, 1.165) is 0 Å². The molecule has 0 amide bonds. The third-order valence-corrected chi connectivity index (χ3v) is 51.1. The van der Waals surface area contributed by atoms with Crippen molar-refractivity contribution in [2.75, 3.05) is 0 Å². The highest BCUT2D eigenvalue weighted by Gasteiger charge is 2.41. The van der Waals surface area contributed by atoms with Crippen LogP contribution in [0.5, 0.6) is 0 Å². The summed E-state index contributed by atoms with van der Waals surface area (Å²) in [6.45, 7) is 34.4. The molecule has 4 aromatic rings. The van der Waals surface area contributed by atoms with E-state index in [2.05, 4.69) is 198 Å². The number of nitrogens with zero attached hydrogens (tertiary/aromatic N) is 1. The van der Waals surface area contributed by atoms with Gasteiger partial charge in [-0.3, -0.25) is 0 Å². The number of rotatable bonds is 55. The predicted octanol–water partition coefficient (Wildman–Crippen LogP) is 25.1. The van der Waals surface area contributed by atoms with E-state index in [9.17, 15) is 0 Å². The highest BCUT2D eigenvalue weighted by Crippen LogP contribution is 2.57. The highest BCUT2D eigenvalue weighted by molar-refractivity contribution is 7.84.